The highest BCUT2D eigenvalue weighted by Crippen LogP contribution is 2.64. The van der Waals surface area contributed by atoms with Crippen LogP contribution in [0.1, 0.15) is 52.9 Å². The van der Waals surface area contributed by atoms with Gasteiger partial charge in [-0.05, 0) is 62.2 Å². The third-order valence-corrected chi connectivity index (χ3v) is 5.84. The van der Waals surface area contributed by atoms with Gasteiger partial charge in [-0.3, -0.25) is 0 Å². The molecule has 0 spiro atoms. The Bertz CT molecular complexity index is 400. The predicted molar refractivity (Wildman–Crippen MR) is 71.0 cm³/mol. The van der Waals surface area contributed by atoms with E-state index < -0.39 is 0 Å². The van der Waals surface area contributed by atoms with Crippen molar-refractivity contribution in [1.82, 2.24) is 0 Å². The number of carbonyl (C=O) groups excluding carboxylic acids is 1. The molecule has 2 heteroatoms. The van der Waals surface area contributed by atoms with Crippen molar-refractivity contribution in [1.29, 1.82) is 0 Å². The van der Waals surface area contributed by atoms with E-state index in [4.69, 9.17) is 4.74 Å². The minimum absolute atomic E-state index is 0.135. The highest BCUT2D eigenvalue weighted by atomic mass is 16.6. The molecule has 0 radical (unpaired) electrons. The molecule has 0 aromatic rings. The Labute approximate surface area is 110 Å². The molecule has 0 heterocycles. The Morgan fingerprint density at radius 1 is 1.33 bits per heavy atom. The van der Waals surface area contributed by atoms with E-state index in [1.165, 1.54) is 12.8 Å². The molecule has 5 atom stereocenters. The van der Waals surface area contributed by atoms with E-state index in [9.17, 15) is 4.79 Å². The molecular formula is C16H24O2. The van der Waals surface area contributed by atoms with Gasteiger partial charge in [0.05, 0.1) is 0 Å². The smallest absolute Gasteiger partial charge is 0.330 e. The maximum atomic E-state index is 11.8. The van der Waals surface area contributed by atoms with Gasteiger partial charge in [-0.2, -0.15) is 0 Å². The maximum Gasteiger partial charge on any atom is 0.330 e. The number of rotatable bonds is 2. The van der Waals surface area contributed by atoms with Gasteiger partial charge in [-0.25, -0.2) is 4.79 Å². The number of hydrogen-bond acceptors (Lipinski definition) is 2. The summed E-state index contributed by atoms with van der Waals surface area (Å²) < 4.78 is 5.88. The van der Waals surface area contributed by atoms with E-state index in [1.807, 2.05) is 6.92 Å². The minimum Gasteiger partial charge on any atom is -0.456 e. The summed E-state index contributed by atoms with van der Waals surface area (Å²) >= 11 is 0. The summed E-state index contributed by atoms with van der Waals surface area (Å²) in [6, 6.07) is 0. The second-order valence-electron chi connectivity index (χ2n) is 7.20. The highest BCUT2D eigenvalue weighted by Gasteiger charge is 2.60. The van der Waals surface area contributed by atoms with E-state index in [-0.39, 0.29) is 11.6 Å². The van der Waals surface area contributed by atoms with Crippen molar-refractivity contribution < 1.29 is 9.53 Å². The predicted octanol–water partition coefficient (Wildman–Crippen LogP) is 3.71. The van der Waals surface area contributed by atoms with Crippen LogP contribution < -0.4 is 0 Å². The lowest BCUT2D eigenvalue weighted by Crippen LogP contribution is -2.60. The van der Waals surface area contributed by atoms with Gasteiger partial charge >= 0.3 is 5.97 Å². The summed E-state index contributed by atoms with van der Waals surface area (Å²) in [4.78, 5) is 11.8. The Balaban J connectivity index is 1.84. The summed E-state index contributed by atoms with van der Waals surface area (Å²) in [5, 5.41) is 0. The van der Waals surface area contributed by atoms with Crippen LogP contribution in [0.15, 0.2) is 12.2 Å². The summed E-state index contributed by atoms with van der Waals surface area (Å²) in [6.07, 6.45) is 9.32. The first kappa shape index (κ1) is 12.3. The van der Waals surface area contributed by atoms with Gasteiger partial charge in [0.2, 0.25) is 0 Å². The lowest BCUT2D eigenvalue weighted by molar-refractivity contribution is -0.209. The van der Waals surface area contributed by atoms with Crippen LogP contribution >= 0.6 is 0 Å². The van der Waals surface area contributed by atoms with E-state index in [1.54, 1.807) is 12.2 Å². The molecule has 0 aromatic carbocycles. The average molecular weight is 248 g/mol. The third-order valence-electron chi connectivity index (χ3n) is 5.84. The topological polar surface area (TPSA) is 26.3 Å². The normalized spacial score (nSPS) is 49.8. The number of esters is 1. The van der Waals surface area contributed by atoms with Gasteiger partial charge in [0, 0.05) is 6.08 Å². The fourth-order valence-electron chi connectivity index (χ4n) is 5.25. The molecule has 0 aliphatic heterocycles. The van der Waals surface area contributed by atoms with Crippen LogP contribution in [0.3, 0.4) is 0 Å². The number of allylic oxidation sites excluding steroid dienone is 1. The van der Waals surface area contributed by atoms with Crippen LogP contribution in [-0.2, 0) is 9.53 Å². The molecule has 4 aliphatic rings. The highest BCUT2D eigenvalue weighted by molar-refractivity contribution is 5.82. The van der Waals surface area contributed by atoms with Gasteiger partial charge in [0.25, 0.3) is 0 Å². The van der Waals surface area contributed by atoms with E-state index in [0.29, 0.717) is 5.41 Å². The van der Waals surface area contributed by atoms with Crippen molar-refractivity contribution in [2.45, 2.75) is 58.5 Å². The molecule has 100 valence electrons. The number of carbonyl (C=O) groups is 1. The van der Waals surface area contributed by atoms with Crippen LogP contribution in [0.25, 0.3) is 0 Å². The molecule has 4 saturated carbocycles. The Morgan fingerprint density at radius 2 is 2.11 bits per heavy atom. The molecule has 0 N–H and O–H groups in total. The SMILES string of the molecule is C/C=C/C(=O)OC12CC3CC(C1)C(C)C(C)(C3)C2. The molecule has 4 bridgehead atoms. The summed E-state index contributed by atoms with van der Waals surface area (Å²) in [6.45, 7) is 6.68. The maximum absolute atomic E-state index is 11.8. The van der Waals surface area contributed by atoms with Crippen LogP contribution in [0.5, 0.6) is 0 Å². The summed E-state index contributed by atoms with van der Waals surface area (Å²) in [5.41, 5.74) is 0.268. The van der Waals surface area contributed by atoms with Crippen LogP contribution in [0, 0.1) is 23.2 Å². The van der Waals surface area contributed by atoms with E-state index in [0.717, 1.165) is 37.0 Å². The van der Waals surface area contributed by atoms with Crippen LogP contribution in [0.4, 0.5) is 0 Å². The Hall–Kier alpha value is -0.790. The van der Waals surface area contributed by atoms with Gasteiger partial charge < -0.3 is 4.74 Å². The molecule has 4 fully saturated rings. The molecule has 18 heavy (non-hydrogen) atoms. The molecule has 0 amide bonds. The zero-order valence-corrected chi connectivity index (χ0v) is 11.7. The van der Waals surface area contributed by atoms with Crippen molar-refractivity contribution in [3.05, 3.63) is 12.2 Å². The first-order valence-electron chi connectivity index (χ1n) is 7.32. The second kappa shape index (κ2) is 3.85. The van der Waals surface area contributed by atoms with E-state index in [2.05, 4.69) is 13.8 Å². The van der Waals surface area contributed by atoms with Gasteiger partial charge in [0.1, 0.15) is 5.60 Å². The van der Waals surface area contributed by atoms with Crippen LogP contribution in [-0.4, -0.2) is 11.6 Å². The Morgan fingerprint density at radius 3 is 2.78 bits per heavy atom. The standard InChI is InChI=1S/C16H24O2/c1-4-5-14(17)18-16-8-12-6-13(9-16)11(2)15(3,7-12)10-16/h4-5,11-13H,6-10H2,1-3H3/b5-4+. The Kier molecular flexibility index (Phi) is 2.62. The zero-order valence-electron chi connectivity index (χ0n) is 11.7. The third kappa shape index (κ3) is 1.72. The average Bonchev–Trinajstić information content (AvgIpc) is 2.23. The molecular weight excluding hydrogens is 224 g/mol. The second-order valence-corrected chi connectivity index (χ2v) is 7.20. The fourth-order valence-corrected chi connectivity index (χ4v) is 5.25. The first-order valence-corrected chi connectivity index (χ1v) is 7.32. The van der Waals surface area contributed by atoms with Crippen molar-refractivity contribution >= 4 is 5.97 Å². The van der Waals surface area contributed by atoms with Crippen molar-refractivity contribution in [3.63, 3.8) is 0 Å². The number of ether oxygens (including phenoxy) is 1. The van der Waals surface area contributed by atoms with Crippen LogP contribution in [0.2, 0.25) is 0 Å². The lowest BCUT2D eigenvalue weighted by atomic mass is 9.44. The summed E-state index contributed by atoms with van der Waals surface area (Å²) in [5.74, 6) is 2.21. The molecule has 4 rings (SSSR count). The summed E-state index contributed by atoms with van der Waals surface area (Å²) in [7, 11) is 0. The monoisotopic (exact) mass is 248 g/mol. The van der Waals surface area contributed by atoms with Crippen molar-refractivity contribution in [3.8, 4) is 0 Å². The lowest BCUT2D eigenvalue weighted by Gasteiger charge is -2.63. The van der Waals surface area contributed by atoms with Gasteiger partial charge in [-0.1, -0.05) is 19.9 Å². The van der Waals surface area contributed by atoms with Crippen molar-refractivity contribution in [2.24, 2.45) is 23.2 Å². The number of hydrogen-bond donors (Lipinski definition) is 0. The largest absolute Gasteiger partial charge is 0.456 e. The van der Waals surface area contributed by atoms with Gasteiger partial charge in [-0.15, -0.1) is 0 Å². The van der Waals surface area contributed by atoms with Crippen molar-refractivity contribution in [2.75, 3.05) is 0 Å². The zero-order chi connectivity index (χ0) is 13.0. The first-order chi connectivity index (χ1) is 8.46. The molecule has 4 aliphatic carbocycles. The molecule has 5 unspecified atom stereocenters. The molecule has 0 saturated heterocycles. The molecule has 2 nitrogen and oxygen atoms in total. The van der Waals surface area contributed by atoms with Gasteiger partial charge in [0.15, 0.2) is 0 Å². The quantitative estimate of drug-likeness (QED) is 0.550. The fraction of sp³-hybridized carbons (Fsp3) is 0.812. The van der Waals surface area contributed by atoms with E-state index >= 15 is 0 Å². The minimum atomic E-state index is -0.143. The molecule has 0 aromatic heterocycles.